The average Bonchev–Trinajstić information content (AvgIpc) is 2.33. The van der Waals surface area contributed by atoms with Crippen LogP contribution < -0.4 is 0 Å². The molecule has 0 spiro atoms. The van der Waals surface area contributed by atoms with Crippen molar-refractivity contribution in [2.24, 2.45) is 0 Å². The summed E-state index contributed by atoms with van der Waals surface area (Å²) in [7, 11) is 0. The Labute approximate surface area is 111 Å². The third-order valence-electron chi connectivity index (χ3n) is 3.37. The molecule has 102 valence electrons. The van der Waals surface area contributed by atoms with Crippen molar-refractivity contribution in [1.29, 1.82) is 0 Å². The van der Waals surface area contributed by atoms with Crippen LogP contribution in [0.4, 0.5) is 0 Å². The van der Waals surface area contributed by atoms with Crippen molar-refractivity contribution >= 4 is 11.6 Å². The van der Waals surface area contributed by atoms with E-state index in [4.69, 9.17) is 21.1 Å². The fourth-order valence-electron chi connectivity index (χ4n) is 2.21. The highest BCUT2D eigenvalue weighted by Gasteiger charge is 2.41. The van der Waals surface area contributed by atoms with Crippen LogP contribution in [0.25, 0.3) is 0 Å². The molecular formula is C14H27ClO2. The number of unbranched alkanes of at least 4 members (excludes halogenated alkanes) is 5. The molecule has 0 radical (unpaired) electrons. The standard InChI is InChI=1S/C14H27ClO2/c1-3-5-6-7-8-9-10-17-13-11-12(15)14(13)16-4-2/h12-14H,3-11H2,1-2H3. The smallest absolute Gasteiger partial charge is 0.100 e. The van der Waals surface area contributed by atoms with E-state index < -0.39 is 0 Å². The highest BCUT2D eigenvalue weighted by atomic mass is 35.5. The number of halogens is 1. The van der Waals surface area contributed by atoms with Crippen molar-refractivity contribution in [3.05, 3.63) is 0 Å². The third kappa shape index (κ3) is 5.58. The van der Waals surface area contributed by atoms with Crippen molar-refractivity contribution < 1.29 is 9.47 Å². The predicted octanol–water partition coefficient (Wildman–Crippen LogP) is 4.15. The van der Waals surface area contributed by atoms with Gasteiger partial charge in [-0.05, 0) is 19.8 Å². The predicted molar refractivity (Wildman–Crippen MR) is 72.8 cm³/mol. The lowest BCUT2D eigenvalue weighted by atomic mass is 9.91. The Morgan fingerprint density at radius 3 is 2.35 bits per heavy atom. The molecule has 0 saturated heterocycles. The van der Waals surface area contributed by atoms with Crippen LogP contribution in [0, 0.1) is 0 Å². The summed E-state index contributed by atoms with van der Waals surface area (Å²) < 4.78 is 11.4. The molecule has 0 aromatic rings. The van der Waals surface area contributed by atoms with Gasteiger partial charge in [0.2, 0.25) is 0 Å². The van der Waals surface area contributed by atoms with Crippen molar-refractivity contribution in [3.63, 3.8) is 0 Å². The largest absolute Gasteiger partial charge is 0.375 e. The Hall–Kier alpha value is 0.210. The van der Waals surface area contributed by atoms with Gasteiger partial charge in [0.15, 0.2) is 0 Å². The van der Waals surface area contributed by atoms with E-state index >= 15 is 0 Å². The second-order valence-corrected chi connectivity index (χ2v) is 5.41. The molecule has 1 aliphatic rings. The van der Waals surface area contributed by atoms with Gasteiger partial charge in [-0.15, -0.1) is 11.6 Å². The summed E-state index contributed by atoms with van der Waals surface area (Å²) in [6, 6.07) is 0. The Bertz CT molecular complexity index is 187. The molecule has 2 nitrogen and oxygen atoms in total. The van der Waals surface area contributed by atoms with Gasteiger partial charge in [-0.2, -0.15) is 0 Å². The van der Waals surface area contributed by atoms with Crippen LogP contribution in [0.15, 0.2) is 0 Å². The van der Waals surface area contributed by atoms with Gasteiger partial charge in [-0.1, -0.05) is 39.0 Å². The Balaban J connectivity index is 1.92. The van der Waals surface area contributed by atoms with Crippen LogP contribution in [0.5, 0.6) is 0 Å². The van der Waals surface area contributed by atoms with Gasteiger partial charge in [0.1, 0.15) is 6.10 Å². The molecule has 0 aromatic heterocycles. The van der Waals surface area contributed by atoms with Crippen molar-refractivity contribution in [3.8, 4) is 0 Å². The van der Waals surface area contributed by atoms with Crippen LogP contribution >= 0.6 is 11.6 Å². The van der Waals surface area contributed by atoms with Gasteiger partial charge in [0.25, 0.3) is 0 Å². The summed E-state index contributed by atoms with van der Waals surface area (Å²) >= 11 is 6.08. The first-order valence-electron chi connectivity index (χ1n) is 7.16. The van der Waals surface area contributed by atoms with Gasteiger partial charge >= 0.3 is 0 Å². The lowest BCUT2D eigenvalue weighted by Crippen LogP contribution is -2.51. The van der Waals surface area contributed by atoms with Crippen molar-refractivity contribution in [1.82, 2.24) is 0 Å². The van der Waals surface area contributed by atoms with Crippen LogP contribution in [0.3, 0.4) is 0 Å². The fourth-order valence-corrected chi connectivity index (χ4v) is 2.62. The maximum atomic E-state index is 6.08. The summed E-state index contributed by atoms with van der Waals surface area (Å²) in [6.07, 6.45) is 9.16. The van der Waals surface area contributed by atoms with E-state index in [1.807, 2.05) is 6.92 Å². The highest BCUT2D eigenvalue weighted by molar-refractivity contribution is 6.21. The minimum Gasteiger partial charge on any atom is -0.375 e. The molecule has 3 unspecified atom stereocenters. The summed E-state index contributed by atoms with van der Waals surface area (Å²) in [6.45, 7) is 5.84. The first-order chi connectivity index (χ1) is 8.29. The zero-order valence-electron chi connectivity index (χ0n) is 11.3. The SMILES string of the molecule is CCCCCCCCOC1CC(Cl)C1OCC. The van der Waals surface area contributed by atoms with Crippen molar-refractivity contribution in [2.75, 3.05) is 13.2 Å². The molecular weight excluding hydrogens is 236 g/mol. The Morgan fingerprint density at radius 1 is 1.00 bits per heavy atom. The van der Waals surface area contributed by atoms with E-state index in [1.165, 1.54) is 38.5 Å². The zero-order valence-corrected chi connectivity index (χ0v) is 12.0. The Kier molecular flexibility index (Phi) is 8.25. The minimum absolute atomic E-state index is 0.127. The lowest BCUT2D eigenvalue weighted by Gasteiger charge is -2.40. The van der Waals surface area contributed by atoms with E-state index in [-0.39, 0.29) is 17.6 Å². The van der Waals surface area contributed by atoms with E-state index in [1.54, 1.807) is 0 Å². The number of hydrogen-bond acceptors (Lipinski definition) is 2. The van der Waals surface area contributed by atoms with E-state index in [0.29, 0.717) is 0 Å². The normalized spacial score (nSPS) is 28.1. The summed E-state index contributed by atoms with van der Waals surface area (Å²) in [5.41, 5.74) is 0. The molecule has 0 N–H and O–H groups in total. The molecule has 1 rings (SSSR count). The molecule has 17 heavy (non-hydrogen) atoms. The minimum atomic E-state index is 0.127. The summed E-state index contributed by atoms with van der Waals surface area (Å²) in [4.78, 5) is 0. The summed E-state index contributed by atoms with van der Waals surface area (Å²) in [5, 5.41) is 0.157. The second kappa shape index (κ2) is 9.18. The van der Waals surface area contributed by atoms with E-state index in [0.717, 1.165) is 19.6 Å². The molecule has 0 heterocycles. The maximum Gasteiger partial charge on any atom is 0.100 e. The van der Waals surface area contributed by atoms with Gasteiger partial charge in [0, 0.05) is 13.2 Å². The van der Waals surface area contributed by atoms with Crippen molar-refractivity contribution in [2.45, 2.75) is 76.4 Å². The molecule has 3 heteroatoms. The van der Waals surface area contributed by atoms with Crippen LogP contribution in [0.2, 0.25) is 0 Å². The zero-order chi connectivity index (χ0) is 12.5. The first-order valence-corrected chi connectivity index (χ1v) is 7.60. The number of hydrogen-bond donors (Lipinski definition) is 0. The number of alkyl halides is 1. The average molecular weight is 263 g/mol. The number of ether oxygens (including phenoxy) is 2. The maximum absolute atomic E-state index is 6.08. The third-order valence-corrected chi connectivity index (χ3v) is 3.80. The van der Waals surface area contributed by atoms with Gasteiger partial charge < -0.3 is 9.47 Å². The molecule has 1 fully saturated rings. The van der Waals surface area contributed by atoms with Gasteiger partial charge in [-0.3, -0.25) is 0 Å². The second-order valence-electron chi connectivity index (χ2n) is 4.85. The Morgan fingerprint density at radius 2 is 1.71 bits per heavy atom. The molecule has 3 atom stereocenters. The topological polar surface area (TPSA) is 18.5 Å². The molecule has 1 saturated carbocycles. The molecule has 0 bridgehead atoms. The van der Waals surface area contributed by atoms with E-state index in [9.17, 15) is 0 Å². The van der Waals surface area contributed by atoms with E-state index in [2.05, 4.69) is 6.92 Å². The fraction of sp³-hybridized carbons (Fsp3) is 1.00. The van der Waals surface area contributed by atoms with Crippen LogP contribution in [-0.4, -0.2) is 30.8 Å². The number of rotatable bonds is 10. The first kappa shape index (κ1) is 15.3. The molecule has 0 aromatic carbocycles. The van der Waals surface area contributed by atoms with Crippen LogP contribution in [0.1, 0.15) is 58.8 Å². The highest BCUT2D eigenvalue weighted by Crippen LogP contribution is 2.31. The van der Waals surface area contributed by atoms with Crippen LogP contribution in [-0.2, 0) is 9.47 Å². The van der Waals surface area contributed by atoms with Gasteiger partial charge in [0.05, 0.1) is 11.5 Å². The quantitative estimate of drug-likeness (QED) is 0.435. The lowest BCUT2D eigenvalue weighted by molar-refractivity contribution is -0.122. The molecule has 0 aliphatic heterocycles. The monoisotopic (exact) mass is 262 g/mol. The summed E-state index contributed by atoms with van der Waals surface area (Å²) in [5.74, 6) is 0. The molecule has 1 aliphatic carbocycles. The molecule has 0 amide bonds. The van der Waals surface area contributed by atoms with Gasteiger partial charge in [-0.25, -0.2) is 0 Å².